The van der Waals surface area contributed by atoms with Gasteiger partial charge in [-0.25, -0.2) is 0 Å². The molecule has 0 unspecified atom stereocenters. The summed E-state index contributed by atoms with van der Waals surface area (Å²) in [6.07, 6.45) is 4.97. The smallest absolute Gasteiger partial charge is 0.273 e. The van der Waals surface area contributed by atoms with Gasteiger partial charge in [0, 0.05) is 49.1 Å². The van der Waals surface area contributed by atoms with Crippen LogP contribution in [0.3, 0.4) is 0 Å². The van der Waals surface area contributed by atoms with Crippen molar-refractivity contribution in [1.29, 1.82) is 0 Å². The molecule has 0 aliphatic heterocycles. The van der Waals surface area contributed by atoms with Crippen molar-refractivity contribution in [1.82, 2.24) is 24.6 Å². The Hall–Kier alpha value is -3.69. The lowest BCUT2D eigenvalue weighted by Gasteiger charge is -2.11. The van der Waals surface area contributed by atoms with Gasteiger partial charge in [0.05, 0.1) is 22.3 Å². The fourth-order valence-corrected chi connectivity index (χ4v) is 3.28. The van der Waals surface area contributed by atoms with Crippen LogP contribution in [0.1, 0.15) is 34.4 Å². The van der Waals surface area contributed by atoms with Gasteiger partial charge in [-0.2, -0.15) is 0 Å². The molecular weight excluding hydrogens is 386 g/mol. The van der Waals surface area contributed by atoms with Crippen molar-refractivity contribution in [3.63, 3.8) is 0 Å². The van der Waals surface area contributed by atoms with Gasteiger partial charge in [0.2, 0.25) is 5.91 Å². The number of hydrogen-bond acceptors (Lipinski definition) is 6. The van der Waals surface area contributed by atoms with Gasteiger partial charge in [-0.1, -0.05) is 0 Å². The van der Waals surface area contributed by atoms with Crippen molar-refractivity contribution < 1.29 is 13.7 Å². The van der Waals surface area contributed by atoms with Gasteiger partial charge in [-0.15, -0.1) is 10.2 Å². The van der Waals surface area contributed by atoms with Gasteiger partial charge in [-0.05, 0) is 25.8 Å². The quantitative estimate of drug-likeness (QED) is 0.565. The van der Waals surface area contributed by atoms with E-state index in [1.807, 2.05) is 12.2 Å². The molecule has 1 aliphatic rings. The van der Waals surface area contributed by atoms with Crippen LogP contribution in [0, 0.1) is 5.92 Å². The van der Waals surface area contributed by atoms with Crippen LogP contribution >= 0.6 is 0 Å². The Labute approximate surface area is 176 Å². The molecule has 4 rings (SSSR count). The van der Waals surface area contributed by atoms with E-state index in [0.717, 1.165) is 12.8 Å². The van der Waals surface area contributed by atoms with Crippen molar-refractivity contribution in [3.8, 4) is 0 Å². The van der Waals surface area contributed by atoms with Crippen LogP contribution in [0.15, 0.2) is 29.3 Å². The molecule has 3 aromatic rings. The van der Waals surface area contributed by atoms with Crippen molar-refractivity contribution in [3.05, 3.63) is 40.6 Å². The largest absolute Gasteiger partial charge is 0.354 e. The van der Waals surface area contributed by atoms with Crippen LogP contribution in [0.2, 0.25) is 0 Å². The number of nitrogens with one attached hydrogen (secondary N) is 3. The number of carbonyl (C=O) groups is 2. The van der Waals surface area contributed by atoms with Gasteiger partial charge in [0.25, 0.3) is 11.5 Å². The normalized spacial score (nSPS) is 15.2. The minimum atomic E-state index is -2.73. The monoisotopic (exact) mass is 412 g/mol. The summed E-state index contributed by atoms with van der Waals surface area (Å²) in [6.45, 7) is -0.408. The number of pyridine rings is 1. The van der Waals surface area contributed by atoms with Crippen LogP contribution in [0.4, 0.5) is 17.2 Å². The summed E-state index contributed by atoms with van der Waals surface area (Å²) in [7, 11) is 1.78. The first kappa shape index (κ1) is 16.1. The summed E-state index contributed by atoms with van der Waals surface area (Å²) in [6, 6.07) is 3.20. The average Bonchev–Trinajstić information content (AvgIpc) is 3.53. The van der Waals surface area contributed by atoms with Crippen LogP contribution < -0.4 is 21.5 Å². The molecule has 0 bridgehead atoms. The van der Waals surface area contributed by atoms with E-state index in [9.17, 15) is 14.4 Å². The summed E-state index contributed by atoms with van der Waals surface area (Å²) < 4.78 is 25.2. The number of amides is 2. The molecule has 3 aromatic heterocycles. The molecule has 0 radical (unpaired) electrons. The summed E-state index contributed by atoms with van der Waals surface area (Å²) in [5.74, 6) is -1.15. The number of hydrogen-bond donors (Lipinski definition) is 3. The Kier molecular flexibility index (Phi) is 4.10. The summed E-state index contributed by atoms with van der Waals surface area (Å²) in [5, 5.41) is 15.7. The summed E-state index contributed by atoms with van der Waals surface area (Å²) in [5.41, 5.74) is 0.646. The Balaban J connectivity index is 1.78. The Morgan fingerprint density at radius 3 is 2.80 bits per heavy atom. The number of aromatic nitrogens is 4. The molecule has 156 valence electrons. The minimum absolute atomic E-state index is 0.0766. The van der Waals surface area contributed by atoms with Gasteiger partial charge in [-0.3, -0.25) is 14.4 Å². The van der Waals surface area contributed by atoms with E-state index in [2.05, 4.69) is 20.8 Å². The van der Waals surface area contributed by atoms with Crippen LogP contribution in [0.5, 0.6) is 0 Å². The second-order valence-electron chi connectivity index (χ2n) is 7.16. The van der Waals surface area contributed by atoms with Crippen LogP contribution in [-0.4, -0.2) is 38.1 Å². The number of rotatable bonds is 6. The summed E-state index contributed by atoms with van der Waals surface area (Å²) in [4.78, 5) is 37.7. The predicted molar refractivity (Wildman–Crippen MR) is 113 cm³/mol. The van der Waals surface area contributed by atoms with E-state index < -0.39 is 12.9 Å². The molecule has 3 heterocycles. The third kappa shape index (κ3) is 3.51. The maximum Gasteiger partial charge on any atom is 0.273 e. The molecular formula is C20H23N7O3. The zero-order chi connectivity index (χ0) is 23.9. The molecule has 30 heavy (non-hydrogen) atoms. The Morgan fingerprint density at radius 2 is 2.10 bits per heavy atom. The van der Waals surface area contributed by atoms with Crippen molar-refractivity contribution >= 4 is 39.9 Å². The third-order valence-electron chi connectivity index (χ3n) is 5.05. The highest BCUT2D eigenvalue weighted by Gasteiger charge is 2.30. The Morgan fingerprint density at radius 1 is 1.30 bits per heavy atom. The van der Waals surface area contributed by atoms with Crippen molar-refractivity contribution in [2.75, 3.05) is 17.6 Å². The van der Waals surface area contributed by atoms with E-state index in [1.54, 1.807) is 34.6 Å². The molecule has 1 fully saturated rings. The van der Waals surface area contributed by atoms with Crippen molar-refractivity contribution in [2.45, 2.75) is 26.3 Å². The van der Waals surface area contributed by atoms with Gasteiger partial charge in [0.15, 0.2) is 11.5 Å². The molecule has 2 amide bonds. The van der Waals surface area contributed by atoms with E-state index in [1.165, 1.54) is 6.07 Å². The maximum absolute atomic E-state index is 13.0. The molecule has 0 atom stereocenters. The third-order valence-corrected chi connectivity index (χ3v) is 5.05. The number of carbonyl (C=O) groups excluding carboxylic acids is 2. The summed E-state index contributed by atoms with van der Waals surface area (Å²) >= 11 is 0. The number of aryl methyl sites for hydroxylation is 2. The van der Waals surface area contributed by atoms with Gasteiger partial charge < -0.3 is 25.1 Å². The first-order chi connectivity index (χ1) is 15.6. The fourth-order valence-electron chi connectivity index (χ4n) is 3.28. The average molecular weight is 412 g/mol. The molecule has 3 N–H and O–H groups in total. The minimum Gasteiger partial charge on any atom is -0.354 e. The highest BCUT2D eigenvalue weighted by atomic mass is 16.2. The molecule has 1 saturated carbocycles. The highest BCUT2D eigenvalue weighted by molar-refractivity contribution is 6.01. The molecule has 10 nitrogen and oxygen atoms in total. The number of fused-ring (bicyclic) bond motifs is 1. The predicted octanol–water partition coefficient (Wildman–Crippen LogP) is 1.60. The topological polar surface area (TPSA) is 123 Å². The lowest BCUT2D eigenvalue weighted by molar-refractivity contribution is -0.117. The Bertz CT molecular complexity index is 1310. The zero-order valence-electron chi connectivity index (χ0n) is 19.5. The molecule has 0 saturated heterocycles. The van der Waals surface area contributed by atoms with E-state index >= 15 is 0 Å². The van der Waals surface area contributed by atoms with Gasteiger partial charge in [0.1, 0.15) is 0 Å². The van der Waals surface area contributed by atoms with Gasteiger partial charge >= 0.3 is 0 Å². The fraction of sp³-hybridized carbons (Fsp3) is 0.350. The van der Waals surface area contributed by atoms with Crippen molar-refractivity contribution in [2.24, 2.45) is 13.0 Å². The van der Waals surface area contributed by atoms with E-state index in [0.29, 0.717) is 23.1 Å². The zero-order valence-corrected chi connectivity index (χ0v) is 16.5. The molecule has 0 aromatic carbocycles. The molecule has 1 aliphatic carbocycles. The first-order valence-corrected chi connectivity index (χ1v) is 9.54. The lowest BCUT2D eigenvalue weighted by atomic mass is 10.2. The number of anilines is 3. The molecule has 10 heteroatoms. The second kappa shape index (κ2) is 7.62. The van der Waals surface area contributed by atoms with Crippen LogP contribution in [0.25, 0.3) is 10.9 Å². The maximum atomic E-state index is 13.0. The van der Waals surface area contributed by atoms with Crippen LogP contribution in [-0.2, 0) is 18.4 Å². The SMILES string of the molecule is [2H]C([2H])([2H])NC(=O)c1nnc(NC(=O)C2CC2)cc1Nc1cn(C)c2ccn(CC)c(=O)c12. The lowest BCUT2D eigenvalue weighted by Crippen LogP contribution is -2.23. The highest BCUT2D eigenvalue weighted by Crippen LogP contribution is 2.31. The van der Waals surface area contributed by atoms with E-state index in [4.69, 9.17) is 4.11 Å². The molecule has 0 spiro atoms. The number of nitrogens with zero attached hydrogens (tertiary/aromatic N) is 4. The first-order valence-electron chi connectivity index (χ1n) is 11.0. The standard InChI is InChI=1S/C20H23N7O3/c1-4-27-8-7-14-16(20(27)30)13(10-26(14)3)22-12-9-15(23-18(28)11-5-6-11)24-25-17(12)19(29)21-2/h7-11H,4-6H2,1-3H3,(H,21,29)(H2,22,23,24,28)/i2D3. The van der Waals surface area contributed by atoms with E-state index in [-0.39, 0.29) is 34.6 Å². The second-order valence-corrected chi connectivity index (χ2v) is 7.16.